The molecule has 0 aromatic heterocycles. The molecule has 0 bridgehead atoms. The molecular weight excluding hydrogens is 278 g/mol. The van der Waals surface area contributed by atoms with Crippen molar-refractivity contribution in [3.05, 3.63) is 0 Å². The lowest BCUT2D eigenvalue weighted by molar-refractivity contribution is 0.0281. The number of likely N-dealkylation sites (tertiary alicyclic amines) is 1. The average Bonchev–Trinajstić information content (AvgIpc) is 2.87. The Morgan fingerprint density at radius 3 is 2.59 bits per heavy atom. The molecule has 5 heteroatoms. The van der Waals surface area contributed by atoms with E-state index in [4.69, 9.17) is 10.6 Å². The molecule has 4 atom stereocenters. The van der Waals surface area contributed by atoms with Gasteiger partial charge < -0.3 is 9.64 Å². The van der Waals surface area contributed by atoms with Crippen molar-refractivity contribution in [1.29, 1.82) is 0 Å². The minimum Gasteiger partial charge on any atom is -0.444 e. The summed E-state index contributed by atoms with van der Waals surface area (Å²) < 4.78 is 5.48. The standard InChI is InChI=1S/C17H33N3O2/c1-12-6-5-7-13(10-12)15(19-18)14-8-9-20(11-14)16(21)22-17(2,3)4/h12-15,19H,5-11,18H2,1-4H3. The van der Waals surface area contributed by atoms with Gasteiger partial charge in [0.25, 0.3) is 0 Å². The molecule has 0 spiro atoms. The molecule has 3 N–H and O–H groups in total. The molecule has 22 heavy (non-hydrogen) atoms. The van der Waals surface area contributed by atoms with Gasteiger partial charge in [-0.25, -0.2) is 4.79 Å². The Morgan fingerprint density at radius 1 is 1.27 bits per heavy atom. The first-order valence-electron chi connectivity index (χ1n) is 8.74. The number of nitrogens with two attached hydrogens (primary N) is 1. The molecule has 1 saturated carbocycles. The van der Waals surface area contributed by atoms with E-state index in [2.05, 4.69) is 12.3 Å². The number of nitrogens with one attached hydrogen (secondary N) is 1. The summed E-state index contributed by atoms with van der Waals surface area (Å²) in [6.07, 6.45) is 5.95. The second-order valence-electron chi connectivity index (χ2n) is 8.20. The van der Waals surface area contributed by atoms with Gasteiger partial charge in [-0.1, -0.05) is 19.8 Å². The Balaban J connectivity index is 1.91. The second-order valence-corrected chi connectivity index (χ2v) is 8.20. The summed E-state index contributed by atoms with van der Waals surface area (Å²) in [7, 11) is 0. The minimum atomic E-state index is -0.431. The van der Waals surface area contributed by atoms with Crippen molar-refractivity contribution < 1.29 is 9.53 Å². The lowest BCUT2D eigenvalue weighted by Gasteiger charge is -2.36. The zero-order chi connectivity index (χ0) is 16.3. The van der Waals surface area contributed by atoms with Crippen molar-refractivity contribution in [2.24, 2.45) is 23.6 Å². The van der Waals surface area contributed by atoms with Crippen LogP contribution in [0.15, 0.2) is 0 Å². The number of ether oxygens (including phenoxy) is 1. The summed E-state index contributed by atoms with van der Waals surface area (Å²) in [5.41, 5.74) is 2.63. The Morgan fingerprint density at radius 2 is 2.00 bits per heavy atom. The van der Waals surface area contributed by atoms with Crippen LogP contribution in [0, 0.1) is 17.8 Å². The van der Waals surface area contributed by atoms with Crippen LogP contribution in [0.1, 0.15) is 59.8 Å². The van der Waals surface area contributed by atoms with E-state index < -0.39 is 5.60 Å². The van der Waals surface area contributed by atoms with Crippen LogP contribution in [0.25, 0.3) is 0 Å². The highest BCUT2D eigenvalue weighted by Gasteiger charge is 2.37. The van der Waals surface area contributed by atoms with Crippen molar-refractivity contribution in [3.63, 3.8) is 0 Å². The van der Waals surface area contributed by atoms with E-state index in [1.807, 2.05) is 25.7 Å². The second kappa shape index (κ2) is 7.18. The molecule has 1 amide bonds. The highest BCUT2D eigenvalue weighted by molar-refractivity contribution is 5.68. The van der Waals surface area contributed by atoms with Gasteiger partial charge in [0.05, 0.1) is 0 Å². The van der Waals surface area contributed by atoms with Gasteiger partial charge in [-0.15, -0.1) is 0 Å². The summed E-state index contributed by atoms with van der Waals surface area (Å²) in [5.74, 6) is 7.73. The maximum absolute atomic E-state index is 12.2. The molecule has 0 aromatic carbocycles. The molecule has 2 fully saturated rings. The first kappa shape index (κ1) is 17.5. The molecule has 1 aliphatic heterocycles. The number of amides is 1. The number of nitrogens with zero attached hydrogens (tertiary/aromatic N) is 1. The van der Waals surface area contributed by atoms with Gasteiger partial charge in [-0.2, -0.15) is 0 Å². The predicted molar refractivity (Wildman–Crippen MR) is 88.1 cm³/mol. The lowest BCUT2D eigenvalue weighted by atomic mass is 9.75. The monoisotopic (exact) mass is 311 g/mol. The molecular formula is C17H33N3O2. The van der Waals surface area contributed by atoms with Crippen LogP contribution in [0.4, 0.5) is 4.79 Å². The molecule has 0 radical (unpaired) electrons. The van der Waals surface area contributed by atoms with E-state index in [-0.39, 0.29) is 6.09 Å². The van der Waals surface area contributed by atoms with Crippen LogP contribution >= 0.6 is 0 Å². The highest BCUT2D eigenvalue weighted by Crippen LogP contribution is 2.35. The molecule has 1 aliphatic carbocycles. The van der Waals surface area contributed by atoms with E-state index in [1.54, 1.807) is 0 Å². The first-order valence-corrected chi connectivity index (χ1v) is 8.74. The zero-order valence-corrected chi connectivity index (χ0v) is 14.6. The number of hydrazine groups is 1. The quantitative estimate of drug-likeness (QED) is 0.621. The molecule has 2 rings (SSSR count). The highest BCUT2D eigenvalue weighted by atomic mass is 16.6. The minimum absolute atomic E-state index is 0.192. The molecule has 0 aromatic rings. The maximum atomic E-state index is 12.2. The lowest BCUT2D eigenvalue weighted by Crippen LogP contribution is -2.48. The topological polar surface area (TPSA) is 67.6 Å². The molecule has 1 saturated heterocycles. The van der Waals surface area contributed by atoms with Gasteiger partial charge in [-0.3, -0.25) is 11.3 Å². The van der Waals surface area contributed by atoms with Gasteiger partial charge in [0, 0.05) is 19.1 Å². The first-order chi connectivity index (χ1) is 10.3. The Bertz CT molecular complexity index is 381. The van der Waals surface area contributed by atoms with E-state index in [9.17, 15) is 4.79 Å². The van der Waals surface area contributed by atoms with Crippen LogP contribution in [-0.2, 0) is 4.74 Å². The third-order valence-electron chi connectivity index (χ3n) is 5.06. The summed E-state index contributed by atoms with van der Waals surface area (Å²) >= 11 is 0. The molecule has 5 nitrogen and oxygen atoms in total. The van der Waals surface area contributed by atoms with Crippen LogP contribution in [0.3, 0.4) is 0 Å². The molecule has 128 valence electrons. The number of rotatable bonds is 3. The van der Waals surface area contributed by atoms with Crippen LogP contribution in [-0.4, -0.2) is 35.7 Å². The van der Waals surface area contributed by atoms with Gasteiger partial charge in [-0.05, 0) is 57.8 Å². The molecule has 4 unspecified atom stereocenters. The van der Waals surface area contributed by atoms with Gasteiger partial charge in [0.15, 0.2) is 0 Å². The fraction of sp³-hybridized carbons (Fsp3) is 0.941. The Kier molecular flexibility index (Phi) is 5.72. The van der Waals surface area contributed by atoms with Gasteiger partial charge in [0.2, 0.25) is 0 Å². The Labute approximate surface area is 134 Å². The molecule has 1 heterocycles. The third kappa shape index (κ3) is 4.59. The summed E-state index contributed by atoms with van der Waals surface area (Å²) in [6.45, 7) is 9.60. The fourth-order valence-electron chi connectivity index (χ4n) is 4.04. The predicted octanol–water partition coefficient (Wildman–Crippen LogP) is 2.90. The van der Waals surface area contributed by atoms with E-state index in [0.717, 1.165) is 25.4 Å². The smallest absolute Gasteiger partial charge is 0.410 e. The van der Waals surface area contributed by atoms with E-state index in [1.165, 1.54) is 25.7 Å². The number of hydrogen-bond donors (Lipinski definition) is 2. The van der Waals surface area contributed by atoms with Crippen molar-refractivity contribution in [2.45, 2.75) is 71.4 Å². The van der Waals surface area contributed by atoms with Crippen LogP contribution < -0.4 is 11.3 Å². The maximum Gasteiger partial charge on any atom is 0.410 e. The zero-order valence-electron chi connectivity index (χ0n) is 14.6. The normalized spacial score (nSPS) is 31.1. The summed E-state index contributed by atoms with van der Waals surface area (Å²) in [5, 5.41) is 0. The van der Waals surface area contributed by atoms with Crippen molar-refractivity contribution >= 4 is 6.09 Å². The summed E-state index contributed by atoms with van der Waals surface area (Å²) in [4.78, 5) is 14.0. The van der Waals surface area contributed by atoms with E-state index in [0.29, 0.717) is 17.9 Å². The van der Waals surface area contributed by atoms with Gasteiger partial charge >= 0.3 is 6.09 Å². The third-order valence-corrected chi connectivity index (χ3v) is 5.06. The van der Waals surface area contributed by atoms with E-state index >= 15 is 0 Å². The molecule has 2 aliphatic rings. The van der Waals surface area contributed by atoms with Crippen molar-refractivity contribution in [2.75, 3.05) is 13.1 Å². The number of carbonyl (C=O) groups is 1. The van der Waals surface area contributed by atoms with Crippen molar-refractivity contribution in [3.8, 4) is 0 Å². The largest absolute Gasteiger partial charge is 0.444 e. The van der Waals surface area contributed by atoms with Crippen LogP contribution in [0.5, 0.6) is 0 Å². The fourth-order valence-corrected chi connectivity index (χ4v) is 4.04. The number of hydrogen-bond acceptors (Lipinski definition) is 4. The average molecular weight is 311 g/mol. The SMILES string of the molecule is CC1CCCC(C(NN)C2CCN(C(=O)OC(C)(C)C)C2)C1. The van der Waals surface area contributed by atoms with Crippen molar-refractivity contribution in [1.82, 2.24) is 10.3 Å². The Hall–Kier alpha value is -0.810. The number of carbonyl (C=O) groups excluding carboxylic acids is 1. The van der Waals surface area contributed by atoms with Gasteiger partial charge in [0.1, 0.15) is 5.60 Å². The van der Waals surface area contributed by atoms with Crippen LogP contribution in [0.2, 0.25) is 0 Å². The summed E-state index contributed by atoms with van der Waals surface area (Å²) in [6, 6.07) is 0.315.